The number of rotatable bonds is 5. The van der Waals surface area contributed by atoms with Crippen LogP contribution in [0.4, 0.5) is 0 Å². The van der Waals surface area contributed by atoms with Gasteiger partial charge >= 0.3 is 0 Å². The first-order chi connectivity index (χ1) is 14.2. The van der Waals surface area contributed by atoms with Gasteiger partial charge in [0.2, 0.25) is 0 Å². The molecule has 0 amide bonds. The normalized spacial score (nSPS) is 28.0. The summed E-state index contributed by atoms with van der Waals surface area (Å²) in [4.78, 5) is 7.06. The van der Waals surface area contributed by atoms with Crippen LogP contribution >= 0.6 is 0 Å². The summed E-state index contributed by atoms with van der Waals surface area (Å²) in [7, 11) is 1.82. The molecule has 4 atom stereocenters. The van der Waals surface area contributed by atoms with Crippen LogP contribution in [0.25, 0.3) is 0 Å². The van der Waals surface area contributed by atoms with Gasteiger partial charge in [-0.05, 0) is 73.7 Å². The lowest BCUT2D eigenvalue weighted by atomic mass is 9.79. The van der Waals surface area contributed by atoms with Gasteiger partial charge in [-0.2, -0.15) is 0 Å². The second kappa shape index (κ2) is 9.38. The zero-order valence-corrected chi connectivity index (χ0v) is 17.8. The minimum Gasteiger partial charge on any atom is -0.387 e. The van der Waals surface area contributed by atoms with Gasteiger partial charge in [0.1, 0.15) is 0 Å². The van der Waals surface area contributed by atoms with E-state index >= 15 is 0 Å². The molecule has 1 N–H and O–H groups in total. The van der Waals surface area contributed by atoms with Gasteiger partial charge in [0.25, 0.3) is 0 Å². The van der Waals surface area contributed by atoms with Crippen LogP contribution < -0.4 is 0 Å². The first-order valence-electron chi connectivity index (χ1n) is 11.0. The fourth-order valence-corrected chi connectivity index (χ4v) is 5.47. The Morgan fingerprint density at radius 1 is 1.17 bits per heavy atom. The molecule has 2 aromatic rings. The van der Waals surface area contributed by atoms with Crippen molar-refractivity contribution in [3.8, 4) is 0 Å². The van der Waals surface area contributed by atoms with Gasteiger partial charge in [-0.25, -0.2) is 0 Å². The van der Waals surface area contributed by atoms with Crippen molar-refractivity contribution in [1.29, 1.82) is 0 Å². The summed E-state index contributed by atoms with van der Waals surface area (Å²) in [5.74, 6) is 1.60. The maximum atomic E-state index is 10.7. The molecule has 156 valence electrons. The highest BCUT2D eigenvalue weighted by Gasteiger charge is 2.33. The van der Waals surface area contributed by atoms with Crippen molar-refractivity contribution >= 4 is 0 Å². The molecule has 1 aromatic carbocycles. The number of piperidine rings is 1. The van der Waals surface area contributed by atoms with Crippen LogP contribution in [0.3, 0.4) is 0 Å². The first kappa shape index (κ1) is 20.5. The average molecular weight is 395 g/mol. The van der Waals surface area contributed by atoms with Gasteiger partial charge < -0.3 is 14.7 Å². The van der Waals surface area contributed by atoms with Crippen molar-refractivity contribution in [2.24, 2.45) is 11.8 Å². The molecule has 4 nitrogen and oxygen atoms in total. The fourth-order valence-electron chi connectivity index (χ4n) is 5.47. The second-order valence-corrected chi connectivity index (χ2v) is 8.93. The Hall–Kier alpha value is -1.75. The Morgan fingerprint density at radius 2 is 2.03 bits per heavy atom. The molecular weight excluding hydrogens is 360 g/mol. The third-order valence-corrected chi connectivity index (χ3v) is 6.92. The van der Waals surface area contributed by atoms with E-state index in [4.69, 9.17) is 4.74 Å². The number of aliphatic hydroxyl groups is 1. The minimum absolute atomic E-state index is 0.432. The summed E-state index contributed by atoms with van der Waals surface area (Å²) in [6.07, 6.45) is 5.51. The van der Waals surface area contributed by atoms with Crippen LogP contribution in [0.2, 0.25) is 0 Å². The monoisotopic (exact) mass is 394 g/mol. The number of ether oxygens (including phenoxy) is 1. The molecule has 29 heavy (non-hydrogen) atoms. The number of aliphatic hydroxyl groups excluding tert-OH is 1. The molecule has 0 saturated carbocycles. The molecule has 4 rings (SSSR count). The van der Waals surface area contributed by atoms with E-state index in [1.165, 1.54) is 23.1 Å². The molecule has 1 aliphatic heterocycles. The third-order valence-electron chi connectivity index (χ3n) is 6.92. The maximum absolute atomic E-state index is 10.7. The average Bonchev–Trinajstić information content (AvgIpc) is 2.88. The summed E-state index contributed by atoms with van der Waals surface area (Å²) in [5.41, 5.74) is 4.99. The SMILES string of the molecule is COC[C@H]1CN(C[C@@H]2CCc3cccnc3[C@@H](O)C2)CC[C@@H]1c1ccccc1C. The maximum Gasteiger partial charge on any atom is 0.0965 e. The van der Waals surface area contributed by atoms with Crippen LogP contribution in [-0.4, -0.2) is 48.3 Å². The number of benzene rings is 1. The standard InChI is InChI=1S/C25H34N2O2/c1-18-6-3-4-8-22(18)23-11-13-27(16-21(23)17-29-2)15-19-9-10-20-7-5-12-26-25(20)24(28)14-19/h3-8,12,19,21,23-24,28H,9-11,13-17H2,1-2H3/t19-,21-,23+,24+/m1/s1. The Balaban J connectivity index is 1.41. The molecule has 2 aliphatic rings. The molecule has 1 aromatic heterocycles. The van der Waals surface area contributed by atoms with Crippen LogP contribution in [0.5, 0.6) is 0 Å². The zero-order chi connectivity index (χ0) is 20.2. The molecule has 4 heteroatoms. The molecule has 1 aliphatic carbocycles. The lowest BCUT2D eigenvalue weighted by Gasteiger charge is -2.40. The predicted molar refractivity (Wildman–Crippen MR) is 116 cm³/mol. The summed E-state index contributed by atoms with van der Waals surface area (Å²) in [5, 5.41) is 10.7. The van der Waals surface area contributed by atoms with Crippen molar-refractivity contribution in [1.82, 2.24) is 9.88 Å². The Labute approximate surface area is 174 Å². The Bertz CT molecular complexity index is 809. The largest absolute Gasteiger partial charge is 0.387 e. The van der Waals surface area contributed by atoms with E-state index in [1.807, 2.05) is 13.2 Å². The van der Waals surface area contributed by atoms with Crippen molar-refractivity contribution in [2.45, 2.75) is 44.6 Å². The van der Waals surface area contributed by atoms with E-state index in [9.17, 15) is 5.11 Å². The Morgan fingerprint density at radius 3 is 2.86 bits per heavy atom. The van der Waals surface area contributed by atoms with Crippen molar-refractivity contribution in [2.75, 3.05) is 33.4 Å². The number of pyridine rings is 1. The topological polar surface area (TPSA) is 45.6 Å². The predicted octanol–water partition coefficient (Wildman–Crippen LogP) is 4.13. The summed E-state index contributed by atoms with van der Waals surface area (Å²) < 4.78 is 5.62. The highest BCUT2D eigenvalue weighted by atomic mass is 16.5. The number of methoxy groups -OCH3 is 1. The van der Waals surface area contributed by atoms with E-state index in [0.29, 0.717) is 17.8 Å². The van der Waals surface area contributed by atoms with Gasteiger partial charge in [-0.15, -0.1) is 0 Å². The number of nitrogens with zero attached hydrogens (tertiary/aromatic N) is 2. The third kappa shape index (κ3) is 4.71. The number of likely N-dealkylation sites (tertiary alicyclic amines) is 1. The van der Waals surface area contributed by atoms with Crippen LogP contribution in [0.1, 0.15) is 53.7 Å². The van der Waals surface area contributed by atoms with E-state index in [-0.39, 0.29) is 0 Å². The van der Waals surface area contributed by atoms with Crippen LogP contribution in [-0.2, 0) is 11.2 Å². The molecule has 0 bridgehead atoms. The summed E-state index contributed by atoms with van der Waals surface area (Å²) in [6, 6.07) is 12.9. The van der Waals surface area contributed by atoms with E-state index in [0.717, 1.165) is 51.2 Å². The van der Waals surface area contributed by atoms with E-state index < -0.39 is 6.10 Å². The quantitative estimate of drug-likeness (QED) is 0.775. The van der Waals surface area contributed by atoms with Gasteiger partial charge in [0.15, 0.2) is 0 Å². The summed E-state index contributed by atoms with van der Waals surface area (Å²) >= 11 is 0. The number of aromatic nitrogens is 1. The first-order valence-corrected chi connectivity index (χ1v) is 11.0. The summed E-state index contributed by atoms with van der Waals surface area (Å²) in [6.45, 7) is 6.29. The van der Waals surface area contributed by atoms with Crippen molar-refractivity contribution in [3.05, 3.63) is 65.0 Å². The second-order valence-electron chi connectivity index (χ2n) is 8.93. The van der Waals surface area contributed by atoms with Gasteiger partial charge in [0, 0.05) is 32.3 Å². The van der Waals surface area contributed by atoms with Crippen molar-refractivity contribution < 1.29 is 9.84 Å². The van der Waals surface area contributed by atoms with Crippen LogP contribution in [0.15, 0.2) is 42.6 Å². The Kier molecular flexibility index (Phi) is 6.63. The number of hydrogen-bond donors (Lipinski definition) is 1. The van der Waals surface area contributed by atoms with Crippen LogP contribution in [0, 0.1) is 18.8 Å². The molecule has 1 fully saturated rings. The highest BCUT2D eigenvalue weighted by Crippen LogP contribution is 2.37. The van der Waals surface area contributed by atoms with Gasteiger partial charge in [-0.3, -0.25) is 4.98 Å². The van der Waals surface area contributed by atoms with Crippen molar-refractivity contribution in [3.63, 3.8) is 0 Å². The number of aryl methyl sites for hydroxylation is 2. The molecule has 0 unspecified atom stereocenters. The molecule has 0 spiro atoms. The minimum atomic E-state index is -0.432. The molecule has 1 saturated heterocycles. The lowest BCUT2D eigenvalue weighted by molar-refractivity contribution is 0.0591. The van der Waals surface area contributed by atoms with E-state index in [2.05, 4.69) is 47.1 Å². The number of fused-ring (bicyclic) bond motifs is 1. The van der Waals surface area contributed by atoms with Gasteiger partial charge in [-0.1, -0.05) is 30.3 Å². The zero-order valence-electron chi connectivity index (χ0n) is 17.8. The highest BCUT2D eigenvalue weighted by molar-refractivity contribution is 5.30. The molecule has 2 heterocycles. The fraction of sp³-hybridized carbons (Fsp3) is 0.560. The van der Waals surface area contributed by atoms with E-state index in [1.54, 1.807) is 6.20 Å². The smallest absolute Gasteiger partial charge is 0.0965 e. The van der Waals surface area contributed by atoms with Gasteiger partial charge in [0.05, 0.1) is 18.4 Å². The molecular formula is C25H34N2O2. The number of hydrogen-bond acceptors (Lipinski definition) is 4. The lowest BCUT2D eigenvalue weighted by Crippen LogP contribution is -2.43. The molecule has 0 radical (unpaired) electrons.